The number of hydrogen-bond acceptors (Lipinski definition) is 2. The number of aromatic hydroxyl groups is 1. The molecule has 0 fully saturated rings. The third-order valence-electron chi connectivity index (χ3n) is 3.12. The van der Waals surface area contributed by atoms with Gasteiger partial charge in [0.25, 0.3) is 0 Å². The second-order valence-electron chi connectivity index (χ2n) is 4.68. The van der Waals surface area contributed by atoms with Crippen molar-refractivity contribution in [3.8, 4) is 11.5 Å². The lowest BCUT2D eigenvalue weighted by Crippen LogP contribution is -1.97. The molecule has 0 atom stereocenters. The molecule has 2 aromatic rings. The minimum Gasteiger partial charge on any atom is -0.508 e. The number of fused-ring (bicyclic) bond motifs is 1. The van der Waals surface area contributed by atoms with Crippen LogP contribution in [0.15, 0.2) is 49.1 Å². The molecule has 2 heteroatoms. The summed E-state index contributed by atoms with van der Waals surface area (Å²) in [5.74, 6) is 1.15. The minimum absolute atomic E-state index is 0.286. The topological polar surface area (TPSA) is 29.5 Å². The zero-order chi connectivity index (χ0) is 13.5. The Kier molecular flexibility index (Phi) is 4.85. The van der Waals surface area contributed by atoms with Crippen molar-refractivity contribution in [1.82, 2.24) is 0 Å². The van der Waals surface area contributed by atoms with E-state index in [4.69, 9.17) is 4.74 Å². The number of ether oxygens (including phenoxy) is 1. The maximum absolute atomic E-state index is 9.47. The lowest BCUT2D eigenvalue weighted by Gasteiger charge is -2.07. The first-order valence-corrected chi connectivity index (χ1v) is 6.76. The first kappa shape index (κ1) is 13.5. The van der Waals surface area contributed by atoms with Crippen LogP contribution in [0.4, 0.5) is 0 Å². The fourth-order valence-corrected chi connectivity index (χ4v) is 2.06. The normalized spacial score (nSPS) is 10.5. The highest BCUT2D eigenvalue weighted by Gasteiger charge is 1.99. The molecular formula is C17H20O2. The molecule has 0 aliphatic carbocycles. The molecule has 2 aromatic carbocycles. The molecule has 0 heterocycles. The molecule has 0 unspecified atom stereocenters. The molecule has 2 rings (SSSR count). The van der Waals surface area contributed by atoms with Gasteiger partial charge < -0.3 is 9.84 Å². The summed E-state index contributed by atoms with van der Waals surface area (Å²) in [5.41, 5.74) is 0. The maximum Gasteiger partial charge on any atom is 0.119 e. The summed E-state index contributed by atoms with van der Waals surface area (Å²) in [4.78, 5) is 0. The van der Waals surface area contributed by atoms with Gasteiger partial charge in [0.15, 0.2) is 0 Å². The van der Waals surface area contributed by atoms with Gasteiger partial charge in [-0.05, 0) is 60.7 Å². The number of allylic oxidation sites excluding steroid dienone is 1. The Hall–Kier alpha value is -1.96. The number of benzene rings is 2. The van der Waals surface area contributed by atoms with Gasteiger partial charge in [-0.25, -0.2) is 0 Å². The van der Waals surface area contributed by atoms with E-state index < -0.39 is 0 Å². The predicted molar refractivity (Wildman–Crippen MR) is 79.8 cm³/mol. The average Bonchev–Trinajstić information content (AvgIpc) is 2.42. The van der Waals surface area contributed by atoms with Crippen molar-refractivity contribution in [3.63, 3.8) is 0 Å². The monoisotopic (exact) mass is 256 g/mol. The molecule has 100 valence electrons. The van der Waals surface area contributed by atoms with E-state index in [-0.39, 0.29) is 5.75 Å². The van der Waals surface area contributed by atoms with E-state index in [1.54, 1.807) is 12.1 Å². The van der Waals surface area contributed by atoms with Gasteiger partial charge in [0, 0.05) is 0 Å². The van der Waals surface area contributed by atoms with E-state index in [9.17, 15) is 5.11 Å². The van der Waals surface area contributed by atoms with Crippen LogP contribution in [0.2, 0.25) is 0 Å². The van der Waals surface area contributed by atoms with E-state index in [1.807, 2.05) is 30.3 Å². The highest BCUT2D eigenvalue weighted by molar-refractivity contribution is 5.85. The largest absolute Gasteiger partial charge is 0.508 e. The third kappa shape index (κ3) is 4.02. The Morgan fingerprint density at radius 1 is 1.00 bits per heavy atom. The van der Waals surface area contributed by atoms with Gasteiger partial charge in [0.2, 0.25) is 0 Å². The van der Waals surface area contributed by atoms with Crippen LogP contribution in [-0.2, 0) is 0 Å². The van der Waals surface area contributed by atoms with Gasteiger partial charge in [-0.2, -0.15) is 0 Å². The van der Waals surface area contributed by atoms with Gasteiger partial charge in [-0.3, -0.25) is 0 Å². The smallest absolute Gasteiger partial charge is 0.119 e. The molecule has 19 heavy (non-hydrogen) atoms. The minimum atomic E-state index is 0.286. The van der Waals surface area contributed by atoms with Crippen LogP contribution in [0.25, 0.3) is 10.8 Å². The van der Waals surface area contributed by atoms with E-state index in [1.165, 1.54) is 12.8 Å². The molecule has 0 saturated carbocycles. The summed E-state index contributed by atoms with van der Waals surface area (Å²) in [6.45, 7) is 4.45. The Balaban J connectivity index is 1.88. The number of rotatable bonds is 7. The van der Waals surface area contributed by atoms with Crippen LogP contribution in [0, 0.1) is 0 Å². The van der Waals surface area contributed by atoms with Crippen LogP contribution in [0.5, 0.6) is 11.5 Å². The summed E-state index contributed by atoms with van der Waals surface area (Å²) in [6.07, 6.45) is 6.44. The number of unbranched alkanes of at least 4 members (excludes halogenated alkanes) is 3. The average molecular weight is 256 g/mol. The SMILES string of the molecule is C=CCCCCCOc1ccc2ccc(O)cc2c1. The van der Waals surface area contributed by atoms with Gasteiger partial charge >= 0.3 is 0 Å². The van der Waals surface area contributed by atoms with Crippen LogP contribution in [-0.4, -0.2) is 11.7 Å². The Morgan fingerprint density at radius 3 is 2.68 bits per heavy atom. The van der Waals surface area contributed by atoms with Gasteiger partial charge in [0.05, 0.1) is 6.61 Å². The maximum atomic E-state index is 9.47. The van der Waals surface area contributed by atoms with Crippen molar-refractivity contribution >= 4 is 10.8 Å². The fourth-order valence-electron chi connectivity index (χ4n) is 2.06. The Morgan fingerprint density at radius 2 is 1.84 bits per heavy atom. The Bertz CT molecular complexity index is 546. The third-order valence-corrected chi connectivity index (χ3v) is 3.12. The molecular weight excluding hydrogens is 236 g/mol. The molecule has 0 saturated heterocycles. The summed E-state index contributed by atoms with van der Waals surface area (Å²) in [7, 11) is 0. The van der Waals surface area contributed by atoms with Crippen molar-refractivity contribution in [2.45, 2.75) is 25.7 Å². The number of phenolic OH excluding ortho intramolecular Hbond substituents is 1. The second kappa shape index (κ2) is 6.83. The van der Waals surface area contributed by atoms with Crippen molar-refractivity contribution in [2.24, 2.45) is 0 Å². The molecule has 0 radical (unpaired) electrons. The standard InChI is InChI=1S/C17H20O2/c1-2-3-4-5-6-11-19-17-10-8-14-7-9-16(18)12-15(14)13-17/h2,7-10,12-13,18H,1,3-6,11H2. The highest BCUT2D eigenvalue weighted by Crippen LogP contribution is 2.24. The van der Waals surface area contributed by atoms with E-state index in [0.29, 0.717) is 0 Å². The van der Waals surface area contributed by atoms with Crippen molar-refractivity contribution < 1.29 is 9.84 Å². The molecule has 2 nitrogen and oxygen atoms in total. The van der Waals surface area contributed by atoms with Crippen LogP contribution in [0.3, 0.4) is 0 Å². The van der Waals surface area contributed by atoms with Crippen molar-refractivity contribution in [1.29, 1.82) is 0 Å². The fraction of sp³-hybridized carbons (Fsp3) is 0.294. The molecule has 0 aliphatic heterocycles. The molecule has 0 aromatic heterocycles. The highest BCUT2D eigenvalue weighted by atomic mass is 16.5. The second-order valence-corrected chi connectivity index (χ2v) is 4.68. The van der Waals surface area contributed by atoms with E-state index >= 15 is 0 Å². The zero-order valence-electron chi connectivity index (χ0n) is 11.1. The molecule has 0 spiro atoms. The quantitative estimate of drug-likeness (QED) is 0.576. The lowest BCUT2D eigenvalue weighted by atomic mass is 10.1. The van der Waals surface area contributed by atoms with E-state index in [2.05, 4.69) is 6.58 Å². The van der Waals surface area contributed by atoms with Crippen molar-refractivity contribution in [3.05, 3.63) is 49.1 Å². The zero-order valence-corrected chi connectivity index (χ0v) is 11.1. The summed E-state index contributed by atoms with van der Waals surface area (Å²) in [5, 5.41) is 11.6. The Labute approximate surface area is 114 Å². The van der Waals surface area contributed by atoms with Crippen LogP contribution >= 0.6 is 0 Å². The summed E-state index contributed by atoms with van der Waals surface area (Å²) in [6, 6.07) is 11.3. The van der Waals surface area contributed by atoms with E-state index in [0.717, 1.165) is 36.0 Å². The number of phenols is 1. The lowest BCUT2D eigenvalue weighted by molar-refractivity contribution is 0.306. The van der Waals surface area contributed by atoms with Gasteiger partial charge in [-0.1, -0.05) is 18.2 Å². The summed E-state index contributed by atoms with van der Waals surface area (Å²) >= 11 is 0. The molecule has 0 bridgehead atoms. The number of hydrogen-bond donors (Lipinski definition) is 1. The van der Waals surface area contributed by atoms with Gasteiger partial charge in [-0.15, -0.1) is 6.58 Å². The molecule has 0 aliphatic rings. The first-order valence-electron chi connectivity index (χ1n) is 6.76. The predicted octanol–water partition coefficient (Wildman–Crippen LogP) is 4.67. The van der Waals surface area contributed by atoms with Gasteiger partial charge in [0.1, 0.15) is 11.5 Å². The van der Waals surface area contributed by atoms with Crippen LogP contribution < -0.4 is 4.74 Å². The van der Waals surface area contributed by atoms with Crippen LogP contribution in [0.1, 0.15) is 25.7 Å². The molecule has 0 amide bonds. The summed E-state index contributed by atoms with van der Waals surface area (Å²) < 4.78 is 5.73. The first-order chi connectivity index (χ1) is 9.29. The molecule has 1 N–H and O–H groups in total. The van der Waals surface area contributed by atoms with Crippen molar-refractivity contribution in [2.75, 3.05) is 6.61 Å².